The summed E-state index contributed by atoms with van der Waals surface area (Å²) >= 11 is 7.25. The fourth-order valence-corrected chi connectivity index (χ4v) is 5.41. The Balaban J connectivity index is 1.98. The van der Waals surface area contributed by atoms with Gasteiger partial charge >= 0.3 is 0 Å². The van der Waals surface area contributed by atoms with Gasteiger partial charge in [0.05, 0.1) is 10.9 Å². The smallest absolute Gasteiger partial charge is 0.265 e. The van der Waals surface area contributed by atoms with Crippen LogP contribution in [0.25, 0.3) is 0 Å². The highest BCUT2D eigenvalue weighted by Gasteiger charge is 2.32. The summed E-state index contributed by atoms with van der Waals surface area (Å²) in [7, 11) is 0. The monoisotopic (exact) mass is 346 g/mol. The molecule has 1 aromatic heterocycles. The molecule has 6 heteroatoms. The minimum absolute atomic E-state index is 0.0229. The molecule has 2 atom stereocenters. The van der Waals surface area contributed by atoms with Crippen molar-refractivity contribution in [2.75, 3.05) is 11.5 Å². The molecule has 98 valence electrons. The van der Waals surface area contributed by atoms with Crippen LogP contribution in [0.1, 0.15) is 42.5 Å². The molecule has 2 fully saturated rings. The summed E-state index contributed by atoms with van der Waals surface area (Å²) in [6.45, 7) is 2.22. The van der Waals surface area contributed by atoms with Crippen LogP contribution in [0.4, 0.5) is 0 Å². The zero-order valence-electron chi connectivity index (χ0n) is 10.1. The summed E-state index contributed by atoms with van der Waals surface area (Å²) in [5.74, 6) is 3.70. The lowest BCUT2D eigenvalue weighted by atomic mass is 10.2. The molecule has 2 heterocycles. The second kappa shape index (κ2) is 5.21. The molecule has 1 aromatic rings. The second-order valence-corrected chi connectivity index (χ2v) is 8.32. The molecule has 1 saturated heterocycles. The van der Waals surface area contributed by atoms with Gasteiger partial charge in [0.2, 0.25) is 0 Å². The molecule has 1 aliphatic carbocycles. The highest BCUT2D eigenvalue weighted by Crippen LogP contribution is 2.44. The second-order valence-electron chi connectivity index (χ2n) is 4.79. The number of H-pyrrole nitrogens is 1. The molecule has 1 N–H and O–H groups in total. The average Bonchev–Trinajstić information content (AvgIpc) is 3.17. The Morgan fingerprint density at radius 3 is 2.72 bits per heavy atom. The predicted octanol–water partition coefficient (Wildman–Crippen LogP) is 3.32. The van der Waals surface area contributed by atoms with Crippen LogP contribution in [-0.2, 0) is 0 Å². The molecule has 18 heavy (non-hydrogen) atoms. The third-order valence-electron chi connectivity index (χ3n) is 3.33. The van der Waals surface area contributed by atoms with Gasteiger partial charge in [-0.3, -0.25) is 4.79 Å². The molecule has 2 unspecified atom stereocenters. The first-order chi connectivity index (χ1) is 8.66. The Labute approximate surface area is 123 Å². The Morgan fingerprint density at radius 1 is 1.33 bits per heavy atom. The Bertz CT molecular complexity index is 515. The minimum atomic E-state index is -0.0229. The van der Waals surface area contributed by atoms with Crippen LogP contribution < -0.4 is 5.56 Å². The maximum Gasteiger partial charge on any atom is 0.265 e. The van der Waals surface area contributed by atoms with Crippen molar-refractivity contribution >= 4 is 39.5 Å². The number of thioether (sulfide) groups is 2. The molecule has 3 rings (SSSR count). The van der Waals surface area contributed by atoms with E-state index in [2.05, 4.69) is 27.8 Å². The largest absolute Gasteiger partial charge is 0.309 e. The van der Waals surface area contributed by atoms with E-state index < -0.39 is 0 Å². The van der Waals surface area contributed by atoms with Gasteiger partial charge in [0.1, 0.15) is 10.3 Å². The SMILES string of the molecule is CC1SCCSC1c1nc(C2CC2)c(Br)c(=O)[nH]1. The van der Waals surface area contributed by atoms with E-state index in [0.29, 0.717) is 20.9 Å². The fraction of sp³-hybridized carbons (Fsp3) is 0.667. The van der Waals surface area contributed by atoms with Crippen molar-refractivity contribution in [2.24, 2.45) is 0 Å². The number of rotatable bonds is 2. The third kappa shape index (κ3) is 2.51. The number of nitrogens with zero attached hydrogens (tertiary/aromatic N) is 1. The highest BCUT2D eigenvalue weighted by atomic mass is 79.9. The number of hydrogen-bond donors (Lipinski definition) is 1. The molecule has 3 nitrogen and oxygen atoms in total. The van der Waals surface area contributed by atoms with Crippen molar-refractivity contribution in [3.8, 4) is 0 Å². The first-order valence-electron chi connectivity index (χ1n) is 6.19. The van der Waals surface area contributed by atoms with E-state index in [1.54, 1.807) is 0 Å². The molecule has 0 radical (unpaired) electrons. The van der Waals surface area contributed by atoms with E-state index in [1.165, 1.54) is 5.75 Å². The van der Waals surface area contributed by atoms with Gasteiger partial charge in [0, 0.05) is 22.7 Å². The number of aromatic nitrogens is 2. The molecule has 0 aromatic carbocycles. The maximum absolute atomic E-state index is 12.0. The van der Waals surface area contributed by atoms with Gasteiger partial charge in [-0.05, 0) is 28.8 Å². The van der Waals surface area contributed by atoms with Crippen molar-refractivity contribution in [3.63, 3.8) is 0 Å². The van der Waals surface area contributed by atoms with Crippen LogP contribution in [0, 0.1) is 0 Å². The first-order valence-corrected chi connectivity index (χ1v) is 9.08. The Hall–Kier alpha value is 0.0600. The van der Waals surface area contributed by atoms with E-state index in [1.807, 2.05) is 23.5 Å². The lowest BCUT2D eigenvalue weighted by Gasteiger charge is -2.27. The van der Waals surface area contributed by atoms with E-state index in [9.17, 15) is 4.79 Å². The van der Waals surface area contributed by atoms with Crippen LogP contribution >= 0.6 is 39.5 Å². The van der Waals surface area contributed by atoms with Gasteiger partial charge in [-0.1, -0.05) is 6.92 Å². The van der Waals surface area contributed by atoms with Gasteiger partial charge in [-0.2, -0.15) is 11.8 Å². The van der Waals surface area contributed by atoms with Crippen LogP contribution in [0.15, 0.2) is 9.27 Å². The fourth-order valence-electron chi connectivity index (χ4n) is 2.19. The topological polar surface area (TPSA) is 45.8 Å². The summed E-state index contributed by atoms with van der Waals surface area (Å²) in [6, 6.07) is 0. The zero-order valence-corrected chi connectivity index (χ0v) is 13.3. The molecule has 0 amide bonds. The van der Waals surface area contributed by atoms with Crippen molar-refractivity contribution in [3.05, 3.63) is 26.3 Å². The average molecular weight is 347 g/mol. The summed E-state index contributed by atoms with van der Waals surface area (Å²) < 4.78 is 0.634. The molecule has 0 bridgehead atoms. The van der Waals surface area contributed by atoms with E-state index in [-0.39, 0.29) is 5.56 Å². The normalized spacial score (nSPS) is 28.3. The van der Waals surface area contributed by atoms with Crippen molar-refractivity contribution in [1.82, 2.24) is 9.97 Å². The van der Waals surface area contributed by atoms with Gasteiger partial charge in [-0.15, -0.1) is 11.8 Å². The van der Waals surface area contributed by atoms with Crippen LogP contribution in [0.5, 0.6) is 0 Å². The van der Waals surface area contributed by atoms with Crippen molar-refractivity contribution in [1.29, 1.82) is 0 Å². The van der Waals surface area contributed by atoms with Crippen LogP contribution in [0.2, 0.25) is 0 Å². The molecule has 1 saturated carbocycles. The quantitative estimate of drug-likeness (QED) is 0.892. The molecule has 2 aliphatic rings. The number of nitrogens with one attached hydrogen (secondary N) is 1. The Kier molecular flexibility index (Phi) is 3.78. The Morgan fingerprint density at radius 2 is 2.06 bits per heavy atom. The number of aromatic amines is 1. The third-order valence-corrected chi connectivity index (χ3v) is 7.19. The standard InChI is InChI=1S/C12H15BrN2OS2/c1-6-10(18-5-4-17-6)11-14-9(7-2-3-7)8(13)12(16)15-11/h6-7,10H,2-5H2,1H3,(H,14,15,16). The van der Waals surface area contributed by atoms with Crippen molar-refractivity contribution in [2.45, 2.75) is 36.2 Å². The molecular formula is C12H15BrN2OS2. The van der Waals surface area contributed by atoms with E-state index >= 15 is 0 Å². The zero-order chi connectivity index (χ0) is 12.7. The van der Waals surface area contributed by atoms with Gasteiger partial charge in [0.25, 0.3) is 5.56 Å². The lowest BCUT2D eigenvalue weighted by molar-refractivity contribution is 0.787. The maximum atomic E-state index is 12.0. The number of halogens is 1. The van der Waals surface area contributed by atoms with Gasteiger partial charge < -0.3 is 4.98 Å². The summed E-state index contributed by atoms with van der Waals surface area (Å²) in [4.78, 5) is 19.7. The predicted molar refractivity (Wildman–Crippen MR) is 81.7 cm³/mol. The van der Waals surface area contributed by atoms with Gasteiger partial charge in [-0.25, -0.2) is 4.98 Å². The summed E-state index contributed by atoms with van der Waals surface area (Å²) in [5.41, 5.74) is 0.947. The van der Waals surface area contributed by atoms with Gasteiger partial charge in [0.15, 0.2) is 0 Å². The summed E-state index contributed by atoms with van der Waals surface area (Å²) in [6.07, 6.45) is 2.33. The highest BCUT2D eigenvalue weighted by molar-refractivity contribution is 9.10. The molecule has 1 aliphatic heterocycles. The first kappa shape index (κ1) is 13.1. The van der Waals surface area contributed by atoms with E-state index in [0.717, 1.165) is 30.1 Å². The molecule has 0 spiro atoms. The molecular weight excluding hydrogens is 332 g/mol. The summed E-state index contributed by atoms with van der Waals surface area (Å²) in [5, 5.41) is 0.835. The lowest BCUT2D eigenvalue weighted by Crippen LogP contribution is -2.23. The van der Waals surface area contributed by atoms with Crippen LogP contribution in [0.3, 0.4) is 0 Å². The number of hydrogen-bond acceptors (Lipinski definition) is 4. The van der Waals surface area contributed by atoms with E-state index in [4.69, 9.17) is 4.98 Å². The minimum Gasteiger partial charge on any atom is -0.309 e. The van der Waals surface area contributed by atoms with Crippen LogP contribution in [-0.4, -0.2) is 26.7 Å². The van der Waals surface area contributed by atoms with Crippen molar-refractivity contribution < 1.29 is 0 Å².